The first kappa shape index (κ1) is 14.5. The van der Waals surface area contributed by atoms with Crippen LogP contribution in [-0.4, -0.2) is 33.4 Å². The van der Waals surface area contributed by atoms with E-state index < -0.39 is 0 Å². The number of nitrogens with zero attached hydrogens (tertiary/aromatic N) is 2. The Morgan fingerprint density at radius 3 is 2.84 bits per heavy atom. The van der Waals surface area contributed by atoms with Gasteiger partial charge in [-0.3, -0.25) is 9.59 Å². The molecule has 2 atom stereocenters. The topological polar surface area (TPSA) is 58.1 Å². The molecule has 0 spiro atoms. The van der Waals surface area contributed by atoms with Crippen LogP contribution in [0.3, 0.4) is 0 Å². The van der Waals surface area contributed by atoms with Gasteiger partial charge in [-0.05, 0) is 24.5 Å². The lowest BCUT2D eigenvalue weighted by molar-refractivity contribution is 0.0596. The van der Waals surface area contributed by atoms with Gasteiger partial charge >= 0.3 is 0 Å². The Morgan fingerprint density at radius 2 is 1.92 bits per heavy atom. The van der Waals surface area contributed by atoms with Gasteiger partial charge < -0.3 is 14.5 Å². The highest BCUT2D eigenvalue weighted by Gasteiger charge is 2.36. The van der Waals surface area contributed by atoms with Crippen molar-refractivity contribution in [3.05, 3.63) is 70.3 Å². The fourth-order valence-electron chi connectivity index (χ4n) is 4.48. The summed E-state index contributed by atoms with van der Waals surface area (Å²) in [7, 11) is 0. The maximum atomic E-state index is 13.1. The number of likely N-dealkylation sites (tertiary alicyclic amines) is 1. The number of H-pyrrole nitrogens is 1. The number of nitrogens with one attached hydrogen (secondary N) is 1. The highest BCUT2D eigenvalue weighted by atomic mass is 16.2. The third kappa shape index (κ3) is 2.22. The number of pyridine rings is 1. The predicted molar refractivity (Wildman–Crippen MR) is 95.8 cm³/mol. The molecular formula is C20H19N3O2. The van der Waals surface area contributed by atoms with Gasteiger partial charge in [0.25, 0.3) is 11.5 Å². The number of hydrogen-bond donors (Lipinski definition) is 1. The highest BCUT2D eigenvalue weighted by Crippen LogP contribution is 2.35. The van der Waals surface area contributed by atoms with Crippen LogP contribution in [0.5, 0.6) is 0 Å². The molecule has 1 fully saturated rings. The van der Waals surface area contributed by atoms with Crippen molar-refractivity contribution in [1.82, 2.24) is 14.5 Å². The average Bonchev–Trinajstić information content (AvgIpc) is 3.06. The molecule has 5 nitrogen and oxygen atoms in total. The molecule has 4 heterocycles. The van der Waals surface area contributed by atoms with Crippen LogP contribution in [-0.2, 0) is 6.54 Å². The molecule has 2 aliphatic rings. The SMILES string of the molecule is O=C(c1c[nH]c2ccccc12)N1C[C@@H]2C[C@@H](C1)c1cccc(=O)n1C2. The van der Waals surface area contributed by atoms with Gasteiger partial charge in [0, 0.05) is 54.4 Å². The second-order valence-corrected chi connectivity index (χ2v) is 7.16. The minimum absolute atomic E-state index is 0.0728. The van der Waals surface area contributed by atoms with Crippen molar-refractivity contribution in [3.8, 4) is 0 Å². The zero-order chi connectivity index (χ0) is 17.0. The highest BCUT2D eigenvalue weighted by molar-refractivity contribution is 6.06. The summed E-state index contributed by atoms with van der Waals surface area (Å²) in [6, 6.07) is 13.4. The first-order valence-corrected chi connectivity index (χ1v) is 8.76. The van der Waals surface area contributed by atoms with Crippen molar-refractivity contribution in [3.63, 3.8) is 0 Å². The summed E-state index contributed by atoms with van der Waals surface area (Å²) in [6.45, 7) is 2.11. The third-order valence-electron chi connectivity index (χ3n) is 5.59. The molecule has 3 aromatic rings. The van der Waals surface area contributed by atoms with Crippen LogP contribution >= 0.6 is 0 Å². The Hall–Kier alpha value is -2.82. The average molecular weight is 333 g/mol. The molecule has 0 radical (unpaired) electrons. The molecule has 1 N–H and O–H groups in total. The molecule has 5 rings (SSSR count). The van der Waals surface area contributed by atoms with Crippen molar-refractivity contribution >= 4 is 16.8 Å². The molecule has 2 bridgehead atoms. The smallest absolute Gasteiger partial charge is 0.256 e. The normalized spacial score (nSPS) is 22.0. The van der Waals surface area contributed by atoms with Crippen LogP contribution in [0.4, 0.5) is 0 Å². The Bertz CT molecular complexity index is 1030. The molecule has 0 aliphatic carbocycles. The van der Waals surface area contributed by atoms with E-state index in [-0.39, 0.29) is 17.4 Å². The Labute approximate surface area is 144 Å². The number of hydrogen-bond acceptors (Lipinski definition) is 2. The van der Waals surface area contributed by atoms with Crippen molar-refractivity contribution in [1.29, 1.82) is 0 Å². The number of aromatic nitrogens is 2. The van der Waals surface area contributed by atoms with Crippen LogP contribution in [0.1, 0.15) is 28.4 Å². The maximum absolute atomic E-state index is 13.1. The van der Waals surface area contributed by atoms with Gasteiger partial charge in [0.15, 0.2) is 0 Å². The molecule has 1 amide bonds. The molecule has 2 aromatic heterocycles. The molecule has 2 aliphatic heterocycles. The van der Waals surface area contributed by atoms with Crippen molar-refractivity contribution in [2.75, 3.05) is 13.1 Å². The number of para-hydroxylation sites is 1. The molecule has 1 aromatic carbocycles. The van der Waals surface area contributed by atoms with E-state index in [9.17, 15) is 9.59 Å². The van der Waals surface area contributed by atoms with Gasteiger partial charge in [-0.15, -0.1) is 0 Å². The zero-order valence-corrected chi connectivity index (χ0v) is 13.8. The second-order valence-electron chi connectivity index (χ2n) is 7.16. The Morgan fingerprint density at radius 1 is 1.04 bits per heavy atom. The lowest BCUT2D eigenvalue weighted by Crippen LogP contribution is -2.49. The lowest BCUT2D eigenvalue weighted by atomic mass is 9.83. The molecule has 1 saturated heterocycles. The first-order chi connectivity index (χ1) is 12.2. The molecule has 0 saturated carbocycles. The number of amides is 1. The monoisotopic (exact) mass is 333 g/mol. The van der Waals surface area contributed by atoms with E-state index in [0.29, 0.717) is 19.0 Å². The van der Waals surface area contributed by atoms with Crippen LogP contribution in [0.2, 0.25) is 0 Å². The summed E-state index contributed by atoms with van der Waals surface area (Å²) in [5, 5.41) is 0.972. The standard InChI is InChI=1S/C20H19N3O2/c24-19-7-3-6-18-14-8-13(11-23(18)19)10-22(12-14)20(25)16-9-21-17-5-2-1-4-15(16)17/h1-7,9,13-14,21H,8,10-12H2/t13-,14-/m0/s1. The quantitative estimate of drug-likeness (QED) is 0.744. The molecule has 25 heavy (non-hydrogen) atoms. The van der Waals surface area contributed by atoms with E-state index in [1.54, 1.807) is 6.07 Å². The van der Waals surface area contributed by atoms with Crippen molar-refractivity contribution in [2.24, 2.45) is 5.92 Å². The molecule has 0 unspecified atom stereocenters. The van der Waals surface area contributed by atoms with Crippen LogP contribution < -0.4 is 5.56 Å². The van der Waals surface area contributed by atoms with Gasteiger partial charge in [0.05, 0.1) is 5.56 Å². The van der Waals surface area contributed by atoms with Gasteiger partial charge in [0.2, 0.25) is 0 Å². The second kappa shape index (κ2) is 5.34. The number of benzene rings is 1. The Balaban J connectivity index is 1.49. The van der Waals surface area contributed by atoms with E-state index in [4.69, 9.17) is 0 Å². The summed E-state index contributed by atoms with van der Waals surface area (Å²) < 4.78 is 1.90. The summed E-state index contributed by atoms with van der Waals surface area (Å²) in [5.41, 5.74) is 2.87. The Kier molecular flexibility index (Phi) is 3.10. The molecule has 5 heteroatoms. The van der Waals surface area contributed by atoms with Crippen molar-refractivity contribution in [2.45, 2.75) is 18.9 Å². The number of carbonyl (C=O) groups is 1. The summed E-state index contributed by atoms with van der Waals surface area (Å²) in [5.74, 6) is 0.676. The van der Waals surface area contributed by atoms with E-state index in [0.717, 1.165) is 35.1 Å². The summed E-state index contributed by atoms with van der Waals surface area (Å²) in [6.07, 6.45) is 2.87. The van der Waals surface area contributed by atoms with Crippen LogP contribution in [0.15, 0.2) is 53.5 Å². The molecule has 126 valence electrons. The number of fused-ring (bicyclic) bond motifs is 5. The van der Waals surface area contributed by atoms with Crippen molar-refractivity contribution < 1.29 is 4.79 Å². The van der Waals surface area contributed by atoms with E-state index in [2.05, 4.69) is 4.98 Å². The van der Waals surface area contributed by atoms with E-state index in [1.165, 1.54) is 0 Å². The molecular weight excluding hydrogens is 314 g/mol. The van der Waals surface area contributed by atoms with Gasteiger partial charge in [0.1, 0.15) is 0 Å². The van der Waals surface area contributed by atoms with Crippen LogP contribution in [0, 0.1) is 5.92 Å². The van der Waals surface area contributed by atoms with Gasteiger partial charge in [-0.25, -0.2) is 0 Å². The number of aromatic amines is 1. The fourth-order valence-corrected chi connectivity index (χ4v) is 4.48. The number of piperidine rings is 1. The lowest BCUT2D eigenvalue weighted by Gasteiger charge is -2.42. The first-order valence-electron chi connectivity index (χ1n) is 8.76. The van der Waals surface area contributed by atoms with E-state index >= 15 is 0 Å². The largest absolute Gasteiger partial charge is 0.360 e. The summed E-state index contributed by atoms with van der Waals surface area (Å²) in [4.78, 5) is 30.4. The summed E-state index contributed by atoms with van der Waals surface area (Å²) >= 11 is 0. The van der Waals surface area contributed by atoms with Gasteiger partial charge in [-0.1, -0.05) is 24.3 Å². The minimum Gasteiger partial charge on any atom is -0.360 e. The minimum atomic E-state index is 0.0728. The predicted octanol–water partition coefficient (Wildman–Crippen LogP) is 2.59. The fraction of sp³-hybridized carbons (Fsp3) is 0.300. The van der Waals surface area contributed by atoms with Gasteiger partial charge in [-0.2, -0.15) is 0 Å². The van der Waals surface area contributed by atoms with Crippen LogP contribution in [0.25, 0.3) is 10.9 Å². The number of rotatable bonds is 1. The van der Waals surface area contributed by atoms with E-state index in [1.807, 2.05) is 52.1 Å². The number of carbonyl (C=O) groups excluding carboxylic acids is 1. The zero-order valence-electron chi connectivity index (χ0n) is 13.8. The third-order valence-corrected chi connectivity index (χ3v) is 5.59. The maximum Gasteiger partial charge on any atom is 0.256 e.